The molecular weight excluding hydrogens is 312 g/mol. The van der Waals surface area contributed by atoms with Crippen molar-refractivity contribution >= 4 is 33.3 Å². The third-order valence-electron chi connectivity index (χ3n) is 4.77. The Bertz CT molecular complexity index is 1060. The Hall–Kier alpha value is -2.92. The molecule has 0 saturated heterocycles. The maximum absolute atomic E-state index is 9.36. The van der Waals surface area contributed by atoms with E-state index >= 15 is 0 Å². The van der Waals surface area contributed by atoms with Gasteiger partial charge in [0.15, 0.2) is 0 Å². The Balaban J connectivity index is 1.88. The van der Waals surface area contributed by atoms with Crippen molar-refractivity contribution < 1.29 is 5.11 Å². The predicted octanol–water partition coefficient (Wildman–Crippen LogP) is 3.94. The Morgan fingerprint density at radius 3 is 2.68 bits per heavy atom. The van der Waals surface area contributed by atoms with E-state index in [1.165, 1.54) is 5.39 Å². The lowest BCUT2D eigenvalue weighted by Crippen LogP contribution is -2.05. The normalized spacial score (nSPS) is 11.3. The summed E-state index contributed by atoms with van der Waals surface area (Å²) in [7, 11) is 0. The number of hydrogen-bond donors (Lipinski definition) is 2. The van der Waals surface area contributed by atoms with Crippen LogP contribution in [0.3, 0.4) is 0 Å². The van der Waals surface area contributed by atoms with Crippen molar-refractivity contribution in [1.29, 1.82) is 0 Å². The van der Waals surface area contributed by atoms with Gasteiger partial charge in [0.05, 0.1) is 12.0 Å². The summed E-state index contributed by atoms with van der Waals surface area (Å²) in [6.45, 7) is 4.73. The summed E-state index contributed by atoms with van der Waals surface area (Å²) in [6.07, 6.45) is 1.57. The highest BCUT2D eigenvalue weighted by molar-refractivity contribution is 5.99. The van der Waals surface area contributed by atoms with E-state index in [4.69, 9.17) is 0 Å². The second-order valence-electron chi connectivity index (χ2n) is 6.16. The summed E-state index contributed by atoms with van der Waals surface area (Å²) < 4.78 is 2.04. The van der Waals surface area contributed by atoms with Gasteiger partial charge in [-0.3, -0.25) is 0 Å². The molecule has 2 N–H and O–H groups in total. The number of nitrogens with one attached hydrogen (secondary N) is 1. The molecular formula is C20H20N4O. The fourth-order valence-corrected chi connectivity index (χ4v) is 3.40. The molecule has 0 fully saturated rings. The van der Waals surface area contributed by atoms with Gasteiger partial charge < -0.3 is 15.0 Å². The topological polar surface area (TPSA) is 63.0 Å². The van der Waals surface area contributed by atoms with Crippen LogP contribution in [0.4, 0.5) is 11.5 Å². The van der Waals surface area contributed by atoms with Crippen molar-refractivity contribution in [2.45, 2.75) is 20.4 Å². The van der Waals surface area contributed by atoms with Gasteiger partial charge >= 0.3 is 0 Å². The minimum atomic E-state index is 0.0835. The molecule has 25 heavy (non-hydrogen) atoms. The minimum Gasteiger partial charge on any atom is -0.395 e. The van der Waals surface area contributed by atoms with Gasteiger partial charge in [-0.05, 0) is 30.9 Å². The lowest BCUT2D eigenvalue weighted by Gasteiger charge is -2.10. The maximum Gasteiger partial charge on any atom is 0.146 e. The summed E-state index contributed by atoms with van der Waals surface area (Å²) >= 11 is 0. The Morgan fingerprint density at radius 2 is 1.84 bits per heavy atom. The van der Waals surface area contributed by atoms with E-state index in [0.717, 1.165) is 39.2 Å². The average Bonchev–Trinajstić information content (AvgIpc) is 2.88. The lowest BCUT2D eigenvalue weighted by atomic mass is 10.1. The van der Waals surface area contributed by atoms with Crippen LogP contribution in [0, 0.1) is 13.8 Å². The first-order valence-electron chi connectivity index (χ1n) is 8.36. The van der Waals surface area contributed by atoms with E-state index < -0.39 is 0 Å². The molecule has 2 aromatic heterocycles. The zero-order chi connectivity index (χ0) is 17.4. The molecule has 126 valence electrons. The largest absolute Gasteiger partial charge is 0.395 e. The van der Waals surface area contributed by atoms with Gasteiger partial charge in [0.1, 0.15) is 17.8 Å². The number of aromatic nitrogens is 3. The van der Waals surface area contributed by atoms with Crippen LogP contribution < -0.4 is 5.32 Å². The van der Waals surface area contributed by atoms with Crippen LogP contribution in [-0.4, -0.2) is 26.2 Å². The SMILES string of the molecule is Cc1c(C)n(CCO)c2ncnc(Nc3cccc4ccccc34)c12. The van der Waals surface area contributed by atoms with Crippen LogP contribution in [0.25, 0.3) is 21.8 Å². The standard InChI is InChI=1S/C20H20N4O/c1-13-14(2)24(10-11-25)20-18(13)19(21-12-22-20)23-17-9-5-7-15-6-3-4-8-16(15)17/h3-9,12,25H,10-11H2,1-2H3,(H,21,22,23). The summed E-state index contributed by atoms with van der Waals surface area (Å²) in [5.41, 5.74) is 4.10. The number of nitrogens with zero attached hydrogens (tertiary/aromatic N) is 3. The highest BCUT2D eigenvalue weighted by Crippen LogP contribution is 2.32. The maximum atomic E-state index is 9.36. The molecule has 0 atom stereocenters. The molecule has 0 aliphatic carbocycles. The monoisotopic (exact) mass is 332 g/mol. The number of hydrogen-bond acceptors (Lipinski definition) is 4. The number of aliphatic hydroxyl groups excluding tert-OH is 1. The van der Waals surface area contributed by atoms with Crippen LogP contribution in [0.2, 0.25) is 0 Å². The molecule has 5 heteroatoms. The molecule has 0 spiro atoms. The van der Waals surface area contributed by atoms with E-state index in [0.29, 0.717) is 6.54 Å². The van der Waals surface area contributed by atoms with Crippen LogP contribution in [0.15, 0.2) is 48.8 Å². The zero-order valence-electron chi connectivity index (χ0n) is 14.3. The zero-order valence-corrected chi connectivity index (χ0v) is 14.3. The Morgan fingerprint density at radius 1 is 1.04 bits per heavy atom. The number of fused-ring (bicyclic) bond motifs is 2. The third kappa shape index (κ3) is 2.53. The predicted molar refractivity (Wildman–Crippen MR) is 101 cm³/mol. The first-order valence-corrected chi connectivity index (χ1v) is 8.36. The number of aliphatic hydroxyl groups is 1. The lowest BCUT2D eigenvalue weighted by molar-refractivity contribution is 0.276. The second-order valence-corrected chi connectivity index (χ2v) is 6.16. The minimum absolute atomic E-state index is 0.0835. The third-order valence-corrected chi connectivity index (χ3v) is 4.77. The fourth-order valence-electron chi connectivity index (χ4n) is 3.40. The molecule has 0 radical (unpaired) electrons. The van der Waals surface area contributed by atoms with Crippen molar-refractivity contribution in [3.63, 3.8) is 0 Å². The summed E-state index contributed by atoms with van der Waals surface area (Å²) in [6, 6.07) is 14.5. The smallest absolute Gasteiger partial charge is 0.146 e. The van der Waals surface area contributed by atoms with Gasteiger partial charge in [-0.1, -0.05) is 36.4 Å². The molecule has 5 nitrogen and oxygen atoms in total. The highest BCUT2D eigenvalue weighted by Gasteiger charge is 2.16. The van der Waals surface area contributed by atoms with Gasteiger partial charge in [0.2, 0.25) is 0 Å². The summed E-state index contributed by atoms with van der Waals surface area (Å²) in [5.74, 6) is 0.790. The molecule has 4 aromatic rings. The van der Waals surface area contributed by atoms with Gasteiger partial charge in [0, 0.05) is 23.3 Å². The van der Waals surface area contributed by atoms with Gasteiger partial charge in [0.25, 0.3) is 0 Å². The molecule has 0 amide bonds. The molecule has 2 aromatic carbocycles. The van der Waals surface area contributed by atoms with Crippen LogP contribution in [-0.2, 0) is 6.54 Å². The molecule has 0 bridgehead atoms. The van der Waals surface area contributed by atoms with Crippen molar-refractivity contribution in [3.8, 4) is 0 Å². The Labute approximate surface area is 146 Å². The second kappa shape index (κ2) is 6.18. The average molecular weight is 332 g/mol. The van der Waals surface area contributed by atoms with Crippen molar-refractivity contribution in [2.24, 2.45) is 0 Å². The van der Waals surface area contributed by atoms with Crippen molar-refractivity contribution in [3.05, 3.63) is 60.0 Å². The van der Waals surface area contributed by atoms with E-state index in [1.807, 2.05) is 29.7 Å². The van der Waals surface area contributed by atoms with E-state index in [-0.39, 0.29) is 6.61 Å². The van der Waals surface area contributed by atoms with E-state index in [1.54, 1.807) is 6.33 Å². The van der Waals surface area contributed by atoms with Gasteiger partial charge in [-0.2, -0.15) is 0 Å². The quantitative estimate of drug-likeness (QED) is 0.594. The summed E-state index contributed by atoms with van der Waals surface area (Å²) in [5, 5.41) is 16.2. The first kappa shape index (κ1) is 15.6. The molecule has 2 heterocycles. The molecule has 0 saturated carbocycles. The van der Waals surface area contributed by atoms with Crippen LogP contribution in [0.1, 0.15) is 11.3 Å². The van der Waals surface area contributed by atoms with Gasteiger partial charge in [-0.15, -0.1) is 0 Å². The molecule has 0 unspecified atom stereocenters. The number of rotatable bonds is 4. The number of anilines is 2. The number of aryl methyl sites for hydroxylation is 1. The van der Waals surface area contributed by atoms with E-state index in [2.05, 4.69) is 46.5 Å². The van der Waals surface area contributed by atoms with Crippen molar-refractivity contribution in [2.75, 3.05) is 11.9 Å². The van der Waals surface area contributed by atoms with Gasteiger partial charge in [-0.25, -0.2) is 9.97 Å². The molecule has 4 rings (SSSR count). The molecule has 0 aliphatic rings. The molecule has 0 aliphatic heterocycles. The Kier molecular flexibility index (Phi) is 3.86. The fraction of sp³-hybridized carbons (Fsp3) is 0.200. The van der Waals surface area contributed by atoms with E-state index in [9.17, 15) is 5.11 Å². The first-order chi connectivity index (χ1) is 12.2. The van der Waals surface area contributed by atoms with Crippen LogP contribution in [0.5, 0.6) is 0 Å². The van der Waals surface area contributed by atoms with Crippen molar-refractivity contribution in [1.82, 2.24) is 14.5 Å². The summed E-state index contributed by atoms with van der Waals surface area (Å²) in [4.78, 5) is 8.93. The number of benzene rings is 2. The van der Waals surface area contributed by atoms with Crippen LogP contribution >= 0.6 is 0 Å². The highest BCUT2D eigenvalue weighted by atomic mass is 16.3.